The Morgan fingerprint density at radius 1 is 1.29 bits per heavy atom. The molecule has 5 nitrogen and oxygen atoms in total. The number of rotatable bonds is 5. The molecular formula is C16H18N2O3. The molecule has 0 radical (unpaired) electrons. The van der Waals surface area contributed by atoms with Gasteiger partial charge in [-0.1, -0.05) is 12.1 Å². The summed E-state index contributed by atoms with van der Waals surface area (Å²) < 4.78 is 5.04. The molecule has 0 aromatic heterocycles. The predicted molar refractivity (Wildman–Crippen MR) is 82.1 cm³/mol. The molecule has 110 valence electrons. The van der Waals surface area contributed by atoms with Crippen LogP contribution in [0, 0.1) is 0 Å². The molecule has 4 N–H and O–H groups in total. The minimum Gasteiger partial charge on any atom is -0.497 e. The first-order chi connectivity index (χ1) is 10.1. The van der Waals surface area contributed by atoms with Gasteiger partial charge in [-0.2, -0.15) is 0 Å². The molecule has 0 fully saturated rings. The Bertz CT molecular complexity index is 611. The molecule has 0 saturated carbocycles. The van der Waals surface area contributed by atoms with Crippen molar-refractivity contribution in [3.8, 4) is 5.75 Å². The van der Waals surface area contributed by atoms with Gasteiger partial charge >= 0.3 is 0 Å². The summed E-state index contributed by atoms with van der Waals surface area (Å²) in [7, 11) is 1.58. The lowest BCUT2D eigenvalue weighted by atomic mass is 10.1. The standard InChI is InChI=1S/C16H18N2O3/c1-21-14-7-5-13(6-8-14)18-16(20)10-15(19)11-3-2-4-12(17)9-11/h2-9,15,19H,10,17H2,1H3,(H,18,20). The maximum atomic E-state index is 11.9. The van der Waals surface area contributed by atoms with E-state index in [1.807, 2.05) is 0 Å². The molecule has 21 heavy (non-hydrogen) atoms. The Labute approximate surface area is 123 Å². The molecule has 0 bridgehead atoms. The first-order valence-corrected chi connectivity index (χ1v) is 6.56. The van der Waals surface area contributed by atoms with Crippen LogP contribution in [0.2, 0.25) is 0 Å². The molecular weight excluding hydrogens is 268 g/mol. The molecule has 2 aromatic rings. The Kier molecular flexibility index (Phi) is 4.79. The summed E-state index contributed by atoms with van der Waals surface area (Å²) in [5, 5.41) is 12.8. The summed E-state index contributed by atoms with van der Waals surface area (Å²) in [6.07, 6.45) is -0.915. The summed E-state index contributed by atoms with van der Waals surface area (Å²) in [4.78, 5) is 11.9. The highest BCUT2D eigenvalue weighted by Crippen LogP contribution is 2.20. The minimum absolute atomic E-state index is 0.0323. The Morgan fingerprint density at radius 3 is 2.62 bits per heavy atom. The van der Waals surface area contributed by atoms with E-state index in [1.54, 1.807) is 55.6 Å². The minimum atomic E-state index is -0.883. The molecule has 1 amide bonds. The molecule has 0 spiro atoms. The maximum absolute atomic E-state index is 11.9. The van der Waals surface area contributed by atoms with E-state index in [0.717, 1.165) is 0 Å². The van der Waals surface area contributed by atoms with Crippen LogP contribution in [-0.4, -0.2) is 18.1 Å². The first kappa shape index (κ1) is 14.9. The van der Waals surface area contributed by atoms with Crippen LogP contribution in [0.25, 0.3) is 0 Å². The number of aliphatic hydroxyl groups excluding tert-OH is 1. The Balaban J connectivity index is 1.94. The maximum Gasteiger partial charge on any atom is 0.227 e. The molecule has 0 heterocycles. The van der Waals surface area contributed by atoms with E-state index in [0.29, 0.717) is 22.7 Å². The normalized spacial score (nSPS) is 11.7. The second-order valence-electron chi connectivity index (χ2n) is 4.67. The van der Waals surface area contributed by atoms with Gasteiger partial charge in [0.2, 0.25) is 5.91 Å². The van der Waals surface area contributed by atoms with Crippen molar-refractivity contribution in [2.24, 2.45) is 0 Å². The van der Waals surface area contributed by atoms with Crippen LogP contribution >= 0.6 is 0 Å². The molecule has 2 aromatic carbocycles. The lowest BCUT2D eigenvalue weighted by Gasteiger charge is -2.12. The number of carbonyl (C=O) groups is 1. The number of amides is 1. The number of nitrogens with two attached hydrogens (primary N) is 1. The number of carbonyl (C=O) groups excluding carboxylic acids is 1. The van der Waals surface area contributed by atoms with Crippen molar-refractivity contribution in [3.05, 3.63) is 54.1 Å². The number of ether oxygens (including phenoxy) is 1. The summed E-state index contributed by atoms with van der Waals surface area (Å²) in [6.45, 7) is 0. The van der Waals surface area contributed by atoms with Crippen molar-refractivity contribution in [2.45, 2.75) is 12.5 Å². The highest BCUT2D eigenvalue weighted by molar-refractivity contribution is 5.91. The van der Waals surface area contributed by atoms with Crippen molar-refractivity contribution >= 4 is 17.3 Å². The van der Waals surface area contributed by atoms with E-state index in [2.05, 4.69) is 5.32 Å². The fraction of sp³-hybridized carbons (Fsp3) is 0.188. The van der Waals surface area contributed by atoms with E-state index < -0.39 is 6.10 Å². The van der Waals surface area contributed by atoms with Gasteiger partial charge in [-0.05, 0) is 42.0 Å². The molecule has 0 aliphatic rings. The van der Waals surface area contributed by atoms with Crippen LogP contribution in [0.1, 0.15) is 18.1 Å². The summed E-state index contributed by atoms with van der Waals surface area (Å²) >= 11 is 0. The zero-order chi connectivity index (χ0) is 15.2. The highest BCUT2D eigenvalue weighted by atomic mass is 16.5. The van der Waals surface area contributed by atoms with E-state index in [1.165, 1.54) is 0 Å². The number of aliphatic hydroxyl groups is 1. The molecule has 1 atom stereocenters. The third kappa shape index (κ3) is 4.22. The number of methoxy groups -OCH3 is 1. The van der Waals surface area contributed by atoms with Gasteiger partial charge in [-0.25, -0.2) is 0 Å². The van der Waals surface area contributed by atoms with Gasteiger partial charge in [0.1, 0.15) is 5.75 Å². The summed E-state index contributed by atoms with van der Waals surface area (Å²) in [5.41, 5.74) is 7.49. The van der Waals surface area contributed by atoms with Crippen LogP contribution in [-0.2, 0) is 4.79 Å². The van der Waals surface area contributed by atoms with Gasteiger partial charge in [0.15, 0.2) is 0 Å². The quantitative estimate of drug-likeness (QED) is 0.737. The molecule has 0 aliphatic heterocycles. The number of benzene rings is 2. The van der Waals surface area contributed by atoms with Gasteiger partial charge in [0.05, 0.1) is 19.6 Å². The number of hydrogen-bond acceptors (Lipinski definition) is 4. The van der Waals surface area contributed by atoms with Crippen molar-refractivity contribution < 1.29 is 14.6 Å². The first-order valence-electron chi connectivity index (χ1n) is 6.56. The fourth-order valence-electron chi connectivity index (χ4n) is 1.95. The zero-order valence-electron chi connectivity index (χ0n) is 11.7. The van der Waals surface area contributed by atoms with Gasteiger partial charge in [-0.3, -0.25) is 4.79 Å². The average molecular weight is 286 g/mol. The SMILES string of the molecule is COc1ccc(NC(=O)CC(O)c2cccc(N)c2)cc1. The average Bonchev–Trinajstić information content (AvgIpc) is 2.48. The molecule has 0 saturated heterocycles. The lowest BCUT2D eigenvalue weighted by molar-refractivity contribution is -0.118. The number of anilines is 2. The third-order valence-corrected chi connectivity index (χ3v) is 3.05. The molecule has 5 heteroatoms. The summed E-state index contributed by atoms with van der Waals surface area (Å²) in [5.74, 6) is 0.447. The molecule has 1 unspecified atom stereocenters. The Hall–Kier alpha value is -2.53. The van der Waals surface area contributed by atoms with Crippen molar-refractivity contribution in [1.29, 1.82) is 0 Å². The van der Waals surface area contributed by atoms with Crippen molar-refractivity contribution in [1.82, 2.24) is 0 Å². The van der Waals surface area contributed by atoms with Gasteiger partial charge in [-0.15, -0.1) is 0 Å². The van der Waals surface area contributed by atoms with E-state index >= 15 is 0 Å². The molecule has 0 aliphatic carbocycles. The van der Waals surface area contributed by atoms with Crippen LogP contribution < -0.4 is 15.8 Å². The van der Waals surface area contributed by atoms with Crippen LogP contribution in [0.4, 0.5) is 11.4 Å². The zero-order valence-corrected chi connectivity index (χ0v) is 11.7. The lowest BCUT2D eigenvalue weighted by Crippen LogP contribution is -2.15. The number of hydrogen-bond donors (Lipinski definition) is 3. The third-order valence-electron chi connectivity index (χ3n) is 3.05. The predicted octanol–water partition coefficient (Wildman–Crippen LogP) is 2.34. The second kappa shape index (κ2) is 6.76. The largest absolute Gasteiger partial charge is 0.497 e. The van der Waals surface area contributed by atoms with Crippen molar-refractivity contribution in [3.63, 3.8) is 0 Å². The van der Waals surface area contributed by atoms with Gasteiger partial charge in [0.25, 0.3) is 0 Å². The monoisotopic (exact) mass is 286 g/mol. The van der Waals surface area contributed by atoms with Crippen LogP contribution in [0.3, 0.4) is 0 Å². The van der Waals surface area contributed by atoms with Crippen LogP contribution in [0.5, 0.6) is 5.75 Å². The van der Waals surface area contributed by atoms with E-state index in [-0.39, 0.29) is 12.3 Å². The van der Waals surface area contributed by atoms with Gasteiger partial charge in [0, 0.05) is 11.4 Å². The fourth-order valence-corrected chi connectivity index (χ4v) is 1.95. The van der Waals surface area contributed by atoms with Crippen LogP contribution in [0.15, 0.2) is 48.5 Å². The number of nitrogen functional groups attached to an aromatic ring is 1. The smallest absolute Gasteiger partial charge is 0.227 e. The summed E-state index contributed by atoms with van der Waals surface area (Å²) in [6, 6.07) is 13.9. The number of nitrogens with one attached hydrogen (secondary N) is 1. The second-order valence-corrected chi connectivity index (χ2v) is 4.67. The van der Waals surface area contributed by atoms with E-state index in [9.17, 15) is 9.90 Å². The topological polar surface area (TPSA) is 84.6 Å². The highest BCUT2D eigenvalue weighted by Gasteiger charge is 2.13. The van der Waals surface area contributed by atoms with E-state index in [4.69, 9.17) is 10.5 Å². The Morgan fingerprint density at radius 2 is 2.00 bits per heavy atom. The van der Waals surface area contributed by atoms with Gasteiger partial charge < -0.3 is 20.9 Å². The molecule has 2 rings (SSSR count). The van der Waals surface area contributed by atoms with Crippen molar-refractivity contribution in [2.75, 3.05) is 18.2 Å².